The molecule has 2 aromatic heterocycles. The molecular weight excluding hydrogens is 393 g/mol. The fraction of sp³-hybridized carbons (Fsp3) is 0. The third-order valence-electron chi connectivity index (χ3n) is 3.84. The van der Waals surface area contributed by atoms with Crippen molar-refractivity contribution in [1.82, 2.24) is 15.0 Å². The van der Waals surface area contributed by atoms with E-state index in [-0.39, 0.29) is 0 Å². The van der Waals surface area contributed by atoms with E-state index >= 15 is 0 Å². The van der Waals surface area contributed by atoms with Crippen molar-refractivity contribution in [3.05, 3.63) is 76.5 Å². The molecule has 0 bridgehead atoms. The third kappa shape index (κ3) is 3.54. The maximum atomic E-state index is 13.6. The lowest BCUT2D eigenvalue weighted by Gasteiger charge is -2.12. The van der Waals surface area contributed by atoms with Crippen molar-refractivity contribution < 1.29 is 8.78 Å². The van der Waals surface area contributed by atoms with Crippen LogP contribution in [0.4, 0.5) is 20.3 Å². The molecule has 0 aliphatic rings. The second-order valence-electron chi connectivity index (χ2n) is 5.67. The number of aromatic nitrogens is 3. The lowest BCUT2D eigenvalue weighted by molar-refractivity contribution is 0.509. The van der Waals surface area contributed by atoms with Crippen LogP contribution in [0.2, 0.25) is 10.0 Å². The summed E-state index contributed by atoms with van der Waals surface area (Å²) in [4.78, 5) is 13.1. The van der Waals surface area contributed by atoms with Gasteiger partial charge in [0, 0.05) is 35.1 Å². The lowest BCUT2D eigenvalue weighted by atomic mass is 10.2. The van der Waals surface area contributed by atoms with Crippen LogP contribution >= 0.6 is 23.2 Å². The Hall–Kier alpha value is -2.83. The molecule has 0 unspecified atom stereocenters. The predicted molar refractivity (Wildman–Crippen MR) is 102 cm³/mol. The second-order valence-corrected chi connectivity index (χ2v) is 6.49. The van der Waals surface area contributed by atoms with Gasteiger partial charge in [0.2, 0.25) is 0 Å². The molecule has 4 aromatic rings. The van der Waals surface area contributed by atoms with Crippen LogP contribution < -0.4 is 5.32 Å². The SMILES string of the molecule is Fc1ccc(Nc2nc(-c3cccnc3)nc3cc(Cl)c(Cl)cc23)cc1F. The number of anilines is 2. The third-order valence-corrected chi connectivity index (χ3v) is 4.56. The normalized spacial score (nSPS) is 11.0. The molecule has 0 atom stereocenters. The van der Waals surface area contributed by atoms with Crippen LogP contribution in [-0.2, 0) is 0 Å². The highest BCUT2D eigenvalue weighted by molar-refractivity contribution is 6.42. The first-order valence-electron chi connectivity index (χ1n) is 7.80. The van der Waals surface area contributed by atoms with Gasteiger partial charge in [0.1, 0.15) is 5.82 Å². The van der Waals surface area contributed by atoms with E-state index in [0.29, 0.717) is 43.8 Å². The first-order valence-corrected chi connectivity index (χ1v) is 8.56. The van der Waals surface area contributed by atoms with Crippen LogP contribution in [0, 0.1) is 11.6 Å². The van der Waals surface area contributed by atoms with Crippen LogP contribution in [0.25, 0.3) is 22.3 Å². The van der Waals surface area contributed by atoms with Gasteiger partial charge >= 0.3 is 0 Å². The van der Waals surface area contributed by atoms with Gasteiger partial charge in [0.15, 0.2) is 17.5 Å². The Balaban J connectivity index is 1.90. The van der Waals surface area contributed by atoms with E-state index < -0.39 is 11.6 Å². The van der Waals surface area contributed by atoms with Gasteiger partial charge in [-0.2, -0.15) is 0 Å². The van der Waals surface area contributed by atoms with Crippen molar-refractivity contribution in [2.24, 2.45) is 0 Å². The first-order chi connectivity index (χ1) is 13.0. The Labute approximate surface area is 162 Å². The fourth-order valence-corrected chi connectivity index (χ4v) is 2.88. The molecule has 2 aromatic carbocycles. The minimum atomic E-state index is -0.966. The van der Waals surface area contributed by atoms with Crippen molar-refractivity contribution in [2.45, 2.75) is 0 Å². The summed E-state index contributed by atoms with van der Waals surface area (Å²) in [5.41, 5.74) is 1.57. The number of nitrogens with zero attached hydrogens (tertiary/aromatic N) is 3. The molecule has 134 valence electrons. The van der Waals surface area contributed by atoms with Crippen molar-refractivity contribution in [2.75, 3.05) is 5.32 Å². The summed E-state index contributed by atoms with van der Waals surface area (Å²) in [6, 6.07) is 10.3. The summed E-state index contributed by atoms with van der Waals surface area (Å²) in [6.45, 7) is 0. The summed E-state index contributed by atoms with van der Waals surface area (Å²) < 4.78 is 26.8. The largest absolute Gasteiger partial charge is 0.340 e. The minimum Gasteiger partial charge on any atom is -0.340 e. The Morgan fingerprint density at radius 3 is 2.44 bits per heavy atom. The fourth-order valence-electron chi connectivity index (χ4n) is 2.55. The van der Waals surface area contributed by atoms with E-state index in [9.17, 15) is 8.78 Å². The van der Waals surface area contributed by atoms with Gasteiger partial charge in [-0.05, 0) is 36.4 Å². The van der Waals surface area contributed by atoms with Gasteiger partial charge in [-0.3, -0.25) is 4.98 Å². The van der Waals surface area contributed by atoms with Crippen molar-refractivity contribution in [3.8, 4) is 11.4 Å². The van der Waals surface area contributed by atoms with Crippen LogP contribution in [0.5, 0.6) is 0 Å². The Bertz CT molecular complexity index is 1150. The highest BCUT2D eigenvalue weighted by atomic mass is 35.5. The van der Waals surface area contributed by atoms with Crippen LogP contribution in [0.3, 0.4) is 0 Å². The van der Waals surface area contributed by atoms with Crippen LogP contribution in [0.15, 0.2) is 54.9 Å². The maximum absolute atomic E-state index is 13.6. The molecule has 4 nitrogen and oxygen atoms in total. The number of nitrogens with one attached hydrogen (secondary N) is 1. The molecule has 4 rings (SSSR count). The molecule has 0 radical (unpaired) electrons. The number of halogens is 4. The number of hydrogen-bond donors (Lipinski definition) is 1. The van der Waals surface area contributed by atoms with Gasteiger partial charge in [-0.25, -0.2) is 18.7 Å². The smallest absolute Gasteiger partial charge is 0.163 e. The molecule has 8 heteroatoms. The monoisotopic (exact) mass is 402 g/mol. The molecule has 1 N–H and O–H groups in total. The van der Waals surface area contributed by atoms with E-state index in [0.717, 1.165) is 12.1 Å². The number of rotatable bonds is 3. The summed E-state index contributed by atoms with van der Waals surface area (Å²) >= 11 is 12.3. The van der Waals surface area contributed by atoms with Crippen molar-refractivity contribution in [1.29, 1.82) is 0 Å². The van der Waals surface area contributed by atoms with Gasteiger partial charge in [0.05, 0.1) is 15.6 Å². The maximum Gasteiger partial charge on any atom is 0.163 e. The van der Waals surface area contributed by atoms with Crippen LogP contribution in [0.1, 0.15) is 0 Å². The van der Waals surface area contributed by atoms with E-state index in [1.54, 1.807) is 30.6 Å². The first kappa shape index (κ1) is 17.6. The topological polar surface area (TPSA) is 50.7 Å². The molecule has 0 spiro atoms. The minimum absolute atomic E-state index is 0.329. The van der Waals surface area contributed by atoms with Crippen LogP contribution in [-0.4, -0.2) is 15.0 Å². The van der Waals surface area contributed by atoms with Crippen molar-refractivity contribution in [3.63, 3.8) is 0 Å². The Morgan fingerprint density at radius 2 is 1.70 bits per heavy atom. The Kier molecular flexibility index (Phi) is 4.59. The number of benzene rings is 2. The predicted octanol–water partition coefficient (Wildman–Crippen LogP) is 6.02. The zero-order valence-electron chi connectivity index (χ0n) is 13.5. The highest BCUT2D eigenvalue weighted by Gasteiger charge is 2.13. The zero-order valence-corrected chi connectivity index (χ0v) is 15.1. The lowest BCUT2D eigenvalue weighted by Crippen LogP contribution is -2.00. The molecule has 0 aliphatic heterocycles. The average molecular weight is 403 g/mol. The summed E-state index contributed by atoms with van der Waals surface area (Å²) in [5.74, 6) is -1.12. The van der Waals surface area contributed by atoms with E-state index in [1.807, 2.05) is 6.07 Å². The summed E-state index contributed by atoms with van der Waals surface area (Å²) in [5, 5.41) is 4.25. The van der Waals surface area contributed by atoms with E-state index in [4.69, 9.17) is 23.2 Å². The van der Waals surface area contributed by atoms with E-state index in [1.165, 1.54) is 6.07 Å². The van der Waals surface area contributed by atoms with E-state index in [2.05, 4.69) is 20.3 Å². The Morgan fingerprint density at radius 1 is 0.889 bits per heavy atom. The molecule has 0 saturated carbocycles. The zero-order chi connectivity index (χ0) is 19.0. The highest BCUT2D eigenvalue weighted by Crippen LogP contribution is 2.33. The van der Waals surface area contributed by atoms with Gasteiger partial charge in [0.25, 0.3) is 0 Å². The molecule has 2 heterocycles. The summed E-state index contributed by atoms with van der Waals surface area (Å²) in [7, 11) is 0. The molecule has 0 fully saturated rings. The molecule has 0 saturated heterocycles. The summed E-state index contributed by atoms with van der Waals surface area (Å²) in [6.07, 6.45) is 3.27. The average Bonchev–Trinajstić information content (AvgIpc) is 2.67. The molecule has 0 aliphatic carbocycles. The van der Waals surface area contributed by atoms with Gasteiger partial charge < -0.3 is 5.32 Å². The number of hydrogen-bond acceptors (Lipinski definition) is 4. The van der Waals surface area contributed by atoms with Crippen molar-refractivity contribution >= 4 is 45.6 Å². The number of pyridine rings is 1. The van der Waals surface area contributed by atoms with Gasteiger partial charge in [-0.1, -0.05) is 23.2 Å². The molecular formula is C19H10Cl2F2N4. The quantitative estimate of drug-likeness (QED) is 0.455. The standard InChI is InChI=1S/C19H10Cl2F2N4/c20-13-7-12-17(8-14(13)21)26-18(10-2-1-5-24-9-10)27-19(12)25-11-3-4-15(22)16(23)6-11/h1-9H,(H,25,26,27). The molecule has 0 amide bonds. The van der Waals surface area contributed by atoms with Gasteiger partial charge in [-0.15, -0.1) is 0 Å². The second kappa shape index (κ2) is 7.06. The number of fused-ring (bicyclic) bond motifs is 1. The molecule has 27 heavy (non-hydrogen) atoms.